The molecule has 28 heavy (non-hydrogen) atoms. The third-order valence-corrected chi connectivity index (χ3v) is 5.22. The lowest BCUT2D eigenvalue weighted by molar-refractivity contribution is 0.0962. The van der Waals surface area contributed by atoms with Gasteiger partial charge in [-0.1, -0.05) is 35.3 Å². The first kappa shape index (κ1) is 18.6. The van der Waals surface area contributed by atoms with Crippen LogP contribution in [0.4, 0.5) is 5.95 Å². The Balaban J connectivity index is 1.56. The molecule has 1 aliphatic rings. The Hall–Kier alpha value is -2.76. The van der Waals surface area contributed by atoms with Crippen molar-refractivity contribution in [2.45, 2.75) is 18.8 Å². The number of nitrogens with one attached hydrogen (secondary N) is 1. The second kappa shape index (κ2) is 7.70. The highest BCUT2D eigenvalue weighted by Crippen LogP contribution is 2.32. The maximum atomic E-state index is 12.5. The highest BCUT2D eigenvalue weighted by atomic mass is 35.5. The van der Waals surface area contributed by atoms with Gasteiger partial charge in [0.2, 0.25) is 5.95 Å². The molecule has 2 aromatic carbocycles. The Morgan fingerprint density at radius 1 is 0.964 bits per heavy atom. The van der Waals surface area contributed by atoms with Crippen LogP contribution >= 0.6 is 23.2 Å². The molecule has 4 rings (SSSR count). The van der Waals surface area contributed by atoms with Crippen molar-refractivity contribution >= 4 is 40.8 Å². The summed E-state index contributed by atoms with van der Waals surface area (Å²) in [7, 11) is 0. The topological polar surface area (TPSA) is 72.0 Å². The zero-order valence-electron chi connectivity index (χ0n) is 14.7. The number of fused-ring (bicyclic) bond motifs is 1. The van der Waals surface area contributed by atoms with Crippen molar-refractivity contribution in [1.29, 1.82) is 0 Å². The van der Waals surface area contributed by atoms with E-state index in [-0.39, 0.29) is 23.6 Å². The van der Waals surface area contributed by atoms with E-state index in [1.165, 1.54) is 6.20 Å². The van der Waals surface area contributed by atoms with Crippen LogP contribution < -0.4 is 5.32 Å². The normalized spacial score (nSPS) is 15.8. The molecule has 0 saturated heterocycles. The molecule has 0 radical (unpaired) electrons. The number of ketones is 1. The van der Waals surface area contributed by atoms with Crippen molar-refractivity contribution in [2.24, 2.45) is 0 Å². The van der Waals surface area contributed by atoms with E-state index in [9.17, 15) is 9.59 Å². The minimum Gasteiger partial charge on any atom is -0.294 e. The van der Waals surface area contributed by atoms with Crippen molar-refractivity contribution in [1.82, 2.24) is 9.97 Å². The van der Waals surface area contributed by atoms with E-state index >= 15 is 0 Å². The number of nitrogens with zero attached hydrogens (tertiary/aromatic N) is 2. The van der Waals surface area contributed by atoms with Crippen LogP contribution in [0, 0.1) is 0 Å². The third kappa shape index (κ3) is 3.91. The maximum absolute atomic E-state index is 12.5. The largest absolute Gasteiger partial charge is 0.294 e. The number of hydrogen-bond acceptors (Lipinski definition) is 4. The predicted molar refractivity (Wildman–Crippen MR) is 108 cm³/mol. The van der Waals surface area contributed by atoms with Gasteiger partial charge in [0.25, 0.3) is 5.91 Å². The van der Waals surface area contributed by atoms with Crippen LogP contribution in [0.2, 0.25) is 10.0 Å². The van der Waals surface area contributed by atoms with Crippen LogP contribution in [-0.4, -0.2) is 21.7 Å². The van der Waals surface area contributed by atoms with Gasteiger partial charge in [-0.2, -0.15) is 0 Å². The monoisotopic (exact) mass is 411 g/mol. The smallest absolute Gasteiger partial charge is 0.258 e. The van der Waals surface area contributed by atoms with E-state index in [1.807, 2.05) is 24.3 Å². The van der Waals surface area contributed by atoms with Crippen molar-refractivity contribution in [3.05, 3.63) is 87.2 Å². The zero-order chi connectivity index (χ0) is 19.7. The number of anilines is 1. The number of carbonyl (C=O) groups excluding carboxylic acids is 2. The standard InChI is InChI=1S/C21H15Cl2N3O2/c22-15-5-1-12(2-6-15)14-9-18-17(19(27)10-14)11-24-21(25-18)26-20(28)13-3-7-16(23)8-4-13/h1-8,11,14H,9-10H2,(H,24,25,26,28). The summed E-state index contributed by atoms with van der Waals surface area (Å²) in [5.41, 5.74) is 2.63. The quantitative estimate of drug-likeness (QED) is 0.661. The van der Waals surface area contributed by atoms with Crippen molar-refractivity contribution in [2.75, 3.05) is 5.32 Å². The zero-order valence-corrected chi connectivity index (χ0v) is 16.2. The molecule has 1 unspecified atom stereocenters. The number of carbonyl (C=O) groups is 2. The Kier molecular flexibility index (Phi) is 5.11. The summed E-state index contributed by atoms with van der Waals surface area (Å²) in [5, 5.41) is 3.87. The number of hydrogen-bond donors (Lipinski definition) is 1. The molecule has 7 heteroatoms. The van der Waals surface area contributed by atoms with Gasteiger partial charge in [0.15, 0.2) is 5.78 Å². The summed E-state index contributed by atoms with van der Waals surface area (Å²) in [6, 6.07) is 14.0. The van der Waals surface area contributed by atoms with Crippen LogP contribution in [0.15, 0.2) is 54.7 Å². The van der Waals surface area contributed by atoms with Gasteiger partial charge >= 0.3 is 0 Å². The Labute approximate surface area is 171 Å². The van der Waals surface area contributed by atoms with Crippen LogP contribution in [0.1, 0.15) is 44.3 Å². The second-order valence-corrected chi connectivity index (χ2v) is 7.47. The highest BCUT2D eigenvalue weighted by molar-refractivity contribution is 6.30. The molecule has 1 N–H and O–H groups in total. The lowest BCUT2D eigenvalue weighted by Gasteiger charge is -2.23. The molecule has 1 atom stereocenters. The number of benzene rings is 2. The molecule has 0 spiro atoms. The van der Waals surface area contributed by atoms with E-state index < -0.39 is 0 Å². The fraction of sp³-hybridized carbons (Fsp3) is 0.143. The average molecular weight is 412 g/mol. The molecule has 1 amide bonds. The van der Waals surface area contributed by atoms with Crippen molar-refractivity contribution < 1.29 is 9.59 Å². The predicted octanol–water partition coefficient (Wildman–Crippen LogP) is 4.95. The number of Topliss-reactive ketones (excluding diaryl/α,β-unsaturated/α-hetero) is 1. The average Bonchev–Trinajstić information content (AvgIpc) is 2.68. The van der Waals surface area contributed by atoms with Crippen LogP contribution in [0.5, 0.6) is 0 Å². The molecule has 0 bridgehead atoms. The Morgan fingerprint density at radius 2 is 1.61 bits per heavy atom. The summed E-state index contributed by atoms with van der Waals surface area (Å²) >= 11 is 11.8. The summed E-state index contributed by atoms with van der Waals surface area (Å²) in [6.45, 7) is 0. The Morgan fingerprint density at radius 3 is 2.29 bits per heavy atom. The van der Waals surface area contributed by atoms with Gasteiger partial charge < -0.3 is 0 Å². The molecule has 140 valence electrons. The number of amides is 1. The van der Waals surface area contributed by atoms with E-state index in [0.29, 0.717) is 39.7 Å². The third-order valence-electron chi connectivity index (χ3n) is 4.71. The lowest BCUT2D eigenvalue weighted by Crippen LogP contribution is -2.22. The van der Waals surface area contributed by atoms with Gasteiger partial charge in [0.05, 0.1) is 11.3 Å². The molecule has 1 aromatic heterocycles. The first-order valence-electron chi connectivity index (χ1n) is 8.71. The van der Waals surface area contributed by atoms with Crippen molar-refractivity contribution in [3.8, 4) is 0 Å². The number of rotatable bonds is 3. The van der Waals surface area contributed by atoms with Gasteiger partial charge in [0, 0.05) is 28.2 Å². The molecular weight excluding hydrogens is 397 g/mol. The first-order chi connectivity index (χ1) is 13.5. The van der Waals surface area contributed by atoms with E-state index in [2.05, 4.69) is 15.3 Å². The van der Waals surface area contributed by atoms with Gasteiger partial charge in [-0.25, -0.2) is 9.97 Å². The van der Waals surface area contributed by atoms with E-state index in [0.717, 1.165) is 5.56 Å². The summed E-state index contributed by atoms with van der Waals surface area (Å²) < 4.78 is 0. The summed E-state index contributed by atoms with van der Waals surface area (Å²) in [6.07, 6.45) is 2.48. The highest BCUT2D eigenvalue weighted by Gasteiger charge is 2.28. The van der Waals surface area contributed by atoms with Crippen molar-refractivity contribution in [3.63, 3.8) is 0 Å². The van der Waals surface area contributed by atoms with E-state index in [4.69, 9.17) is 23.2 Å². The molecule has 5 nitrogen and oxygen atoms in total. The van der Waals surface area contributed by atoms with Crippen LogP contribution in [-0.2, 0) is 6.42 Å². The van der Waals surface area contributed by atoms with Gasteiger partial charge in [-0.15, -0.1) is 0 Å². The van der Waals surface area contributed by atoms with E-state index in [1.54, 1.807) is 24.3 Å². The first-order valence-corrected chi connectivity index (χ1v) is 9.46. The Bertz CT molecular complexity index is 1050. The second-order valence-electron chi connectivity index (χ2n) is 6.59. The fourth-order valence-electron chi connectivity index (χ4n) is 3.25. The maximum Gasteiger partial charge on any atom is 0.258 e. The molecule has 0 fully saturated rings. The minimum atomic E-state index is -0.340. The van der Waals surface area contributed by atoms with Crippen LogP contribution in [0.25, 0.3) is 0 Å². The molecule has 0 saturated carbocycles. The molecule has 3 aromatic rings. The molecular formula is C21H15Cl2N3O2. The molecule has 0 aliphatic heterocycles. The van der Waals surface area contributed by atoms with Gasteiger partial charge in [-0.3, -0.25) is 14.9 Å². The van der Waals surface area contributed by atoms with Gasteiger partial charge in [0.1, 0.15) is 0 Å². The number of aromatic nitrogens is 2. The minimum absolute atomic E-state index is 0.00298. The fourth-order valence-corrected chi connectivity index (χ4v) is 3.50. The lowest BCUT2D eigenvalue weighted by atomic mass is 9.82. The molecule has 1 heterocycles. The summed E-state index contributed by atoms with van der Waals surface area (Å²) in [5.74, 6) is -0.153. The number of halogens is 2. The van der Waals surface area contributed by atoms with Crippen LogP contribution in [0.3, 0.4) is 0 Å². The summed E-state index contributed by atoms with van der Waals surface area (Å²) in [4.78, 5) is 33.4. The molecule has 1 aliphatic carbocycles. The van der Waals surface area contributed by atoms with Gasteiger partial charge in [-0.05, 0) is 54.3 Å². The SMILES string of the molecule is O=C(Nc1ncc2c(n1)CC(c1ccc(Cl)cc1)CC2=O)c1ccc(Cl)cc1.